The number of carbonyl (C=O) groups is 2. The van der Waals surface area contributed by atoms with E-state index in [-0.39, 0.29) is 30.3 Å². The summed E-state index contributed by atoms with van der Waals surface area (Å²) in [5, 5.41) is 20.1. The number of carboxylic acids is 1. The van der Waals surface area contributed by atoms with E-state index in [1.165, 1.54) is 12.0 Å². The molecule has 0 aromatic heterocycles. The van der Waals surface area contributed by atoms with Crippen LogP contribution in [-0.2, 0) is 9.47 Å². The normalized spacial score (nSPS) is 19.5. The second-order valence-corrected chi connectivity index (χ2v) is 6.47. The minimum Gasteiger partial charge on any atom is -0.478 e. The molecule has 25 heavy (non-hydrogen) atoms. The zero-order chi connectivity index (χ0) is 18.8. The highest BCUT2D eigenvalue weighted by Crippen LogP contribution is 2.25. The third-order valence-electron chi connectivity index (χ3n) is 3.74. The summed E-state index contributed by atoms with van der Waals surface area (Å²) in [6, 6.07) is 3.16. The number of methoxy groups -OCH3 is 1. The Morgan fingerprint density at radius 3 is 2.60 bits per heavy atom. The van der Waals surface area contributed by atoms with Gasteiger partial charge in [-0.15, -0.1) is 0 Å². The second kappa shape index (κ2) is 7.16. The van der Waals surface area contributed by atoms with Gasteiger partial charge in [0.15, 0.2) is 0 Å². The predicted octanol–water partition coefficient (Wildman–Crippen LogP) is 1.56. The summed E-state index contributed by atoms with van der Waals surface area (Å²) in [6.07, 6.45) is -0.338. The molecule has 0 radical (unpaired) electrons. The summed E-state index contributed by atoms with van der Waals surface area (Å²) in [5.74, 6) is -1.82. The quantitative estimate of drug-likeness (QED) is 0.631. The number of ether oxygens (including phenoxy) is 2. The van der Waals surface area contributed by atoms with E-state index in [0.29, 0.717) is 6.61 Å². The molecule has 1 fully saturated rings. The first kappa shape index (κ1) is 18.8. The topological polar surface area (TPSA) is 119 Å². The first-order valence-electron chi connectivity index (χ1n) is 7.62. The van der Waals surface area contributed by atoms with Gasteiger partial charge in [0.1, 0.15) is 0 Å². The van der Waals surface area contributed by atoms with Gasteiger partial charge in [0.05, 0.1) is 28.8 Å². The highest BCUT2D eigenvalue weighted by atomic mass is 16.6. The number of carboxylic acid groups (broad SMARTS) is 1. The summed E-state index contributed by atoms with van der Waals surface area (Å²) in [5.41, 5.74) is -1.41. The lowest BCUT2D eigenvalue weighted by Gasteiger charge is -2.42. The summed E-state index contributed by atoms with van der Waals surface area (Å²) in [4.78, 5) is 35.8. The van der Waals surface area contributed by atoms with E-state index >= 15 is 0 Å². The van der Waals surface area contributed by atoms with E-state index in [4.69, 9.17) is 14.6 Å². The van der Waals surface area contributed by atoms with Crippen LogP contribution in [0.3, 0.4) is 0 Å². The van der Waals surface area contributed by atoms with Crippen LogP contribution in [0.5, 0.6) is 0 Å². The molecule has 0 saturated carbocycles. The molecule has 0 bridgehead atoms. The molecule has 1 N–H and O–H groups in total. The van der Waals surface area contributed by atoms with Crippen molar-refractivity contribution in [2.24, 2.45) is 0 Å². The van der Waals surface area contributed by atoms with Crippen molar-refractivity contribution in [2.45, 2.75) is 25.6 Å². The molecule has 1 saturated heterocycles. The number of nitro benzene ring substituents is 1. The van der Waals surface area contributed by atoms with Gasteiger partial charge in [-0.2, -0.15) is 0 Å². The van der Waals surface area contributed by atoms with Crippen LogP contribution < -0.4 is 0 Å². The molecule has 9 nitrogen and oxygen atoms in total. The van der Waals surface area contributed by atoms with E-state index in [1.54, 1.807) is 0 Å². The largest absolute Gasteiger partial charge is 0.478 e. The molecule has 2 rings (SSSR count). The summed E-state index contributed by atoms with van der Waals surface area (Å²) in [6.45, 7) is 4.47. The van der Waals surface area contributed by atoms with E-state index in [2.05, 4.69) is 0 Å². The lowest BCUT2D eigenvalue weighted by Crippen LogP contribution is -2.55. The number of amides is 1. The smallest absolute Gasteiger partial charge is 0.335 e. The standard InChI is InChI=1S/C16H20N2O7/c1-16(2)9-17(7-13(25-16)8-24-3)14(19)10-4-11(15(20)21)6-12(5-10)18(22)23/h4-6,13H,7-9H2,1-3H3,(H,20,21). The summed E-state index contributed by atoms with van der Waals surface area (Å²) < 4.78 is 10.9. The Morgan fingerprint density at radius 1 is 1.40 bits per heavy atom. The molecule has 1 atom stereocenters. The first-order chi connectivity index (χ1) is 11.6. The Morgan fingerprint density at radius 2 is 2.04 bits per heavy atom. The van der Waals surface area contributed by atoms with Crippen LogP contribution in [0, 0.1) is 10.1 Å². The maximum atomic E-state index is 12.8. The Kier molecular flexibility index (Phi) is 5.39. The van der Waals surface area contributed by atoms with Gasteiger partial charge in [0.2, 0.25) is 0 Å². The van der Waals surface area contributed by atoms with Gasteiger partial charge < -0.3 is 19.5 Å². The Labute approximate surface area is 144 Å². The predicted molar refractivity (Wildman–Crippen MR) is 86.8 cm³/mol. The number of nitrogens with zero attached hydrogens (tertiary/aromatic N) is 2. The van der Waals surface area contributed by atoms with Crippen LogP contribution in [0.2, 0.25) is 0 Å². The molecule has 1 amide bonds. The van der Waals surface area contributed by atoms with Crippen LogP contribution in [-0.4, -0.2) is 65.3 Å². The van der Waals surface area contributed by atoms with Gasteiger partial charge in [-0.1, -0.05) is 0 Å². The molecule has 0 spiro atoms. The van der Waals surface area contributed by atoms with Crippen LogP contribution in [0.15, 0.2) is 18.2 Å². The highest BCUT2D eigenvalue weighted by Gasteiger charge is 2.36. The van der Waals surface area contributed by atoms with Gasteiger partial charge >= 0.3 is 5.97 Å². The van der Waals surface area contributed by atoms with Crippen molar-refractivity contribution in [1.82, 2.24) is 4.90 Å². The number of aromatic carboxylic acids is 1. The van der Waals surface area contributed by atoms with E-state index in [1.807, 2.05) is 13.8 Å². The Hall–Kier alpha value is -2.52. The minimum atomic E-state index is -1.34. The van der Waals surface area contributed by atoms with Crippen LogP contribution >= 0.6 is 0 Å². The van der Waals surface area contributed by atoms with E-state index in [9.17, 15) is 19.7 Å². The average molecular weight is 352 g/mol. The van der Waals surface area contributed by atoms with Crippen molar-refractivity contribution < 1.29 is 29.1 Å². The first-order valence-corrected chi connectivity index (χ1v) is 7.62. The summed E-state index contributed by atoms with van der Waals surface area (Å²) >= 11 is 0. The number of benzene rings is 1. The maximum absolute atomic E-state index is 12.8. The van der Waals surface area contributed by atoms with Gasteiger partial charge in [-0.05, 0) is 19.9 Å². The zero-order valence-electron chi connectivity index (χ0n) is 14.2. The Bertz CT molecular complexity index is 669. The molecule has 1 heterocycles. The average Bonchev–Trinajstić information content (AvgIpc) is 2.52. The maximum Gasteiger partial charge on any atom is 0.335 e. The number of carbonyl (C=O) groups excluding carboxylic acids is 1. The molecule has 1 aliphatic heterocycles. The fraction of sp³-hybridized carbons (Fsp3) is 0.500. The fourth-order valence-electron chi connectivity index (χ4n) is 2.87. The second-order valence-electron chi connectivity index (χ2n) is 6.47. The van der Waals surface area contributed by atoms with Crippen molar-refractivity contribution in [3.05, 3.63) is 39.4 Å². The minimum absolute atomic E-state index is 0.0412. The van der Waals surface area contributed by atoms with Crippen molar-refractivity contribution in [3.8, 4) is 0 Å². The molecule has 0 aliphatic carbocycles. The van der Waals surface area contributed by atoms with Crippen molar-refractivity contribution in [3.63, 3.8) is 0 Å². The molecule has 1 unspecified atom stereocenters. The lowest BCUT2D eigenvalue weighted by atomic mass is 10.0. The van der Waals surface area contributed by atoms with Crippen molar-refractivity contribution in [2.75, 3.05) is 26.8 Å². The number of hydrogen-bond donors (Lipinski definition) is 1. The van der Waals surface area contributed by atoms with Crippen LogP contribution in [0.25, 0.3) is 0 Å². The third kappa shape index (κ3) is 4.52. The molecular formula is C16H20N2O7. The number of non-ortho nitro benzene ring substituents is 1. The SMILES string of the molecule is COCC1CN(C(=O)c2cc(C(=O)O)cc([N+](=O)[O-])c2)CC(C)(C)O1. The molecule has 1 aromatic carbocycles. The third-order valence-corrected chi connectivity index (χ3v) is 3.74. The molecule has 9 heteroatoms. The molecule has 1 aromatic rings. The number of nitro groups is 1. The van der Waals surface area contributed by atoms with Crippen molar-refractivity contribution >= 4 is 17.6 Å². The van der Waals surface area contributed by atoms with Gasteiger partial charge in [-0.25, -0.2) is 4.79 Å². The fourth-order valence-corrected chi connectivity index (χ4v) is 2.87. The Balaban J connectivity index is 2.35. The van der Waals surface area contributed by atoms with Gasteiger partial charge in [0, 0.05) is 37.9 Å². The molecular weight excluding hydrogens is 332 g/mol. The van der Waals surface area contributed by atoms with Crippen LogP contribution in [0.1, 0.15) is 34.6 Å². The molecule has 1 aliphatic rings. The number of rotatable bonds is 5. The monoisotopic (exact) mass is 352 g/mol. The van der Waals surface area contributed by atoms with E-state index < -0.39 is 28.1 Å². The van der Waals surface area contributed by atoms with Crippen LogP contribution in [0.4, 0.5) is 5.69 Å². The van der Waals surface area contributed by atoms with Gasteiger partial charge in [0.25, 0.3) is 11.6 Å². The number of morpholine rings is 1. The molecule has 136 valence electrons. The van der Waals surface area contributed by atoms with Gasteiger partial charge in [-0.3, -0.25) is 14.9 Å². The highest BCUT2D eigenvalue weighted by molar-refractivity contribution is 5.98. The lowest BCUT2D eigenvalue weighted by molar-refractivity contribution is -0.384. The number of hydrogen-bond acceptors (Lipinski definition) is 6. The summed E-state index contributed by atoms with van der Waals surface area (Å²) in [7, 11) is 1.52. The van der Waals surface area contributed by atoms with Crippen molar-refractivity contribution in [1.29, 1.82) is 0 Å². The zero-order valence-corrected chi connectivity index (χ0v) is 14.2. The van der Waals surface area contributed by atoms with E-state index in [0.717, 1.165) is 18.2 Å².